The summed E-state index contributed by atoms with van der Waals surface area (Å²) in [6, 6.07) is 0. The molecule has 3 rings (SSSR count). The highest BCUT2D eigenvalue weighted by molar-refractivity contribution is 5.85. The van der Waals surface area contributed by atoms with Crippen molar-refractivity contribution in [3.63, 3.8) is 0 Å². The molecule has 35 heavy (non-hydrogen) atoms. The molecule has 3 aliphatic rings. The van der Waals surface area contributed by atoms with Gasteiger partial charge in [-0.05, 0) is 92.8 Å². The molecule has 8 atom stereocenters. The van der Waals surface area contributed by atoms with Gasteiger partial charge in [0.05, 0.1) is 6.10 Å². The molecule has 2 saturated carbocycles. The monoisotopic (exact) mass is 486 g/mol. The first-order chi connectivity index (χ1) is 16.2. The van der Waals surface area contributed by atoms with Crippen molar-refractivity contribution in [2.75, 3.05) is 0 Å². The van der Waals surface area contributed by atoms with Crippen LogP contribution in [0.1, 0.15) is 92.9 Å². The van der Waals surface area contributed by atoms with Crippen molar-refractivity contribution in [2.45, 2.75) is 99.0 Å². The quantitative estimate of drug-likeness (QED) is 0.251. The molecule has 0 aliphatic heterocycles. The molecular weight excluding hydrogens is 440 g/mol. The summed E-state index contributed by atoms with van der Waals surface area (Å²) in [5.41, 5.74) is 2.43. The van der Waals surface area contributed by atoms with Gasteiger partial charge < -0.3 is 15.3 Å². The average molecular weight is 487 g/mol. The van der Waals surface area contributed by atoms with Crippen LogP contribution in [0, 0.1) is 39.9 Å². The predicted octanol–water partition coefficient (Wildman–Crippen LogP) is 6.63. The number of carboxylic acids is 2. The summed E-state index contributed by atoms with van der Waals surface area (Å²) in [6.45, 7) is 17.1. The van der Waals surface area contributed by atoms with Crippen LogP contribution in [0.3, 0.4) is 0 Å². The highest BCUT2D eigenvalue weighted by Crippen LogP contribution is 2.71. The highest BCUT2D eigenvalue weighted by Gasteiger charge is 2.64. The first-order valence-electron chi connectivity index (χ1n) is 13.3. The van der Waals surface area contributed by atoms with Gasteiger partial charge in [-0.15, -0.1) is 0 Å². The van der Waals surface area contributed by atoms with Gasteiger partial charge in [0.2, 0.25) is 0 Å². The van der Waals surface area contributed by atoms with Crippen molar-refractivity contribution in [3.05, 3.63) is 35.5 Å². The minimum atomic E-state index is -0.849. The molecule has 5 heteroatoms. The zero-order chi connectivity index (χ0) is 26.3. The lowest BCUT2D eigenvalue weighted by Crippen LogP contribution is -2.55. The van der Waals surface area contributed by atoms with Crippen LogP contribution in [0.5, 0.6) is 0 Å². The van der Waals surface area contributed by atoms with Gasteiger partial charge in [0.1, 0.15) is 0 Å². The Morgan fingerprint density at radius 2 is 1.86 bits per heavy atom. The van der Waals surface area contributed by atoms with E-state index in [0.717, 1.165) is 37.7 Å². The number of hydrogen-bond acceptors (Lipinski definition) is 3. The van der Waals surface area contributed by atoms with Gasteiger partial charge in [-0.3, -0.25) is 4.79 Å². The molecule has 196 valence electrons. The summed E-state index contributed by atoms with van der Waals surface area (Å²) in [5, 5.41) is 30.0. The number of carboxylic acid groups (broad SMARTS) is 2. The Kier molecular flexibility index (Phi) is 7.82. The van der Waals surface area contributed by atoms with Crippen LogP contribution in [0.4, 0.5) is 0 Å². The molecule has 3 N–H and O–H groups in total. The smallest absolute Gasteiger partial charge is 0.330 e. The van der Waals surface area contributed by atoms with Crippen molar-refractivity contribution in [3.8, 4) is 0 Å². The Balaban J connectivity index is 1.93. The van der Waals surface area contributed by atoms with Gasteiger partial charge in [-0.2, -0.15) is 0 Å². The fourth-order valence-electron chi connectivity index (χ4n) is 8.55. The third-order valence-electron chi connectivity index (χ3n) is 10.7. The Hall–Kier alpha value is -1.88. The summed E-state index contributed by atoms with van der Waals surface area (Å²) in [5.74, 6) is -0.528. The van der Waals surface area contributed by atoms with Crippen molar-refractivity contribution in [1.82, 2.24) is 0 Å². The van der Waals surface area contributed by atoms with E-state index in [-0.39, 0.29) is 29.1 Å². The van der Waals surface area contributed by atoms with Crippen molar-refractivity contribution in [1.29, 1.82) is 0 Å². The summed E-state index contributed by atoms with van der Waals surface area (Å²) in [6.07, 6.45) is 10.0. The van der Waals surface area contributed by atoms with Crippen LogP contribution in [-0.2, 0) is 9.59 Å². The summed E-state index contributed by atoms with van der Waals surface area (Å²) in [4.78, 5) is 22.7. The summed E-state index contributed by atoms with van der Waals surface area (Å²) in [7, 11) is 0. The van der Waals surface area contributed by atoms with Crippen molar-refractivity contribution >= 4 is 11.9 Å². The number of rotatable bonds is 9. The average Bonchev–Trinajstić information content (AvgIpc) is 3.03. The van der Waals surface area contributed by atoms with E-state index >= 15 is 0 Å². The van der Waals surface area contributed by atoms with E-state index in [2.05, 4.69) is 40.3 Å². The van der Waals surface area contributed by atoms with Gasteiger partial charge in [0.15, 0.2) is 0 Å². The van der Waals surface area contributed by atoms with E-state index in [4.69, 9.17) is 5.11 Å². The SMILES string of the molecule is C=C(C)[C@@H]1[C@H](O)C[C@@H]2C(=CC[C@]3(C)[C@@H]([C@H](C)CC/C=C(/C)C(=O)O)CC[C@@]23C)[C@@]1(C)CCC(=O)O. The van der Waals surface area contributed by atoms with Crippen molar-refractivity contribution in [2.24, 2.45) is 39.9 Å². The van der Waals surface area contributed by atoms with Crippen LogP contribution in [0.2, 0.25) is 0 Å². The molecule has 0 amide bonds. The minimum Gasteiger partial charge on any atom is -0.481 e. The number of carbonyl (C=O) groups is 2. The standard InChI is InChI=1S/C30H46O5/c1-18(2)26-24(31)17-23-22(28(26,5)14-13-25(32)33)12-16-29(6)21(11-15-30(23,29)7)19(3)9-8-10-20(4)27(34)35/h10,12,19,21,23-24,26,31H,1,8-9,11,13-17H2,2-7H3,(H,32,33)(H,34,35)/b20-10-/t19-,21-,23-,24-,26-,28-,29-,30+/m1/s1. The van der Waals surface area contributed by atoms with E-state index < -0.39 is 23.5 Å². The Bertz CT molecular complexity index is 931. The molecule has 0 saturated heterocycles. The van der Waals surface area contributed by atoms with E-state index in [1.807, 2.05) is 13.0 Å². The normalized spacial score (nSPS) is 39.9. The highest BCUT2D eigenvalue weighted by atomic mass is 16.4. The molecule has 0 unspecified atom stereocenters. The molecule has 5 nitrogen and oxygen atoms in total. The second-order valence-corrected chi connectivity index (χ2v) is 12.6. The maximum absolute atomic E-state index is 11.5. The van der Waals surface area contributed by atoms with Gasteiger partial charge in [-0.1, -0.05) is 57.6 Å². The molecule has 3 aliphatic carbocycles. The number of hydrogen-bond donors (Lipinski definition) is 3. The van der Waals surface area contributed by atoms with Gasteiger partial charge in [0, 0.05) is 17.9 Å². The number of aliphatic hydroxyl groups excluding tert-OH is 1. The Morgan fingerprint density at radius 3 is 2.43 bits per heavy atom. The van der Waals surface area contributed by atoms with Gasteiger partial charge in [0.25, 0.3) is 0 Å². The van der Waals surface area contributed by atoms with E-state index in [1.54, 1.807) is 6.92 Å². The topological polar surface area (TPSA) is 94.8 Å². The molecule has 0 heterocycles. The fourth-order valence-corrected chi connectivity index (χ4v) is 8.55. The number of aliphatic carboxylic acids is 2. The molecule has 0 spiro atoms. The lowest BCUT2D eigenvalue weighted by molar-refractivity contribution is -0.138. The lowest BCUT2D eigenvalue weighted by Gasteiger charge is -2.61. The van der Waals surface area contributed by atoms with Crippen LogP contribution in [0.25, 0.3) is 0 Å². The third-order valence-corrected chi connectivity index (χ3v) is 10.7. The zero-order valence-corrected chi connectivity index (χ0v) is 22.6. The Morgan fingerprint density at radius 1 is 1.20 bits per heavy atom. The van der Waals surface area contributed by atoms with E-state index in [1.165, 1.54) is 5.57 Å². The first-order valence-corrected chi connectivity index (χ1v) is 13.3. The zero-order valence-electron chi connectivity index (χ0n) is 22.6. The van der Waals surface area contributed by atoms with Crippen LogP contribution < -0.4 is 0 Å². The van der Waals surface area contributed by atoms with Gasteiger partial charge in [-0.25, -0.2) is 4.79 Å². The molecule has 0 aromatic rings. The molecular formula is C30H46O5. The second-order valence-electron chi connectivity index (χ2n) is 12.6. The van der Waals surface area contributed by atoms with Gasteiger partial charge >= 0.3 is 11.9 Å². The third kappa shape index (κ3) is 4.65. The van der Waals surface area contributed by atoms with Crippen molar-refractivity contribution < 1.29 is 24.9 Å². The molecule has 0 radical (unpaired) electrons. The number of aliphatic hydroxyl groups is 1. The predicted molar refractivity (Wildman–Crippen MR) is 139 cm³/mol. The summed E-state index contributed by atoms with van der Waals surface area (Å²) < 4.78 is 0. The number of fused-ring (bicyclic) bond motifs is 3. The van der Waals surface area contributed by atoms with Crippen LogP contribution in [0.15, 0.2) is 35.5 Å². The minimum absolute atomic E-state index is 0.0361. The maximum Gasteiger partial charge on any atom is 0.330 e. The second kappa shape index (κ2) is 9.88. The van der Waals surface area contributed by atoms with E-state index in [0.29, 0.717) is 30.3 Å². The number of allylic oxidation sites excluding steroid dienone is 3. The molecule has 0 bridgehead atoms. The molecule has 0 aromatic heterocycles. The first kappa shape index (κ1) is 27.7. The lowest BCUT2D eigenvalue weighted by atomic mass is 9.44. The largest absolute Gasteiger partial charge is 0.481 e. The molecule has 0 aromatic carbocycles. The Labute approximate surface area is 211 Å². The van der Waals surface area contributed by atoms with E-state index in [9.17, 15) is 19.8 Å². The maximum atomic E-state index is 11.5. The molecule has 2 fully saturated rings. The van der Waals surface area contributed by atoms with Crippen LogP contribution in [-0.4, -0.2) is 33.4 Å². The fraction of sp³-hybridized carbons (Fsp3) is 0.733. The van der Waals surface area contributed by atoms with Crippen LogP contribution >= 0.6 is 0 Å². The summed E-state index contributed by atoms with van der Waals surface area (Å²) >= 11 is 0.